The van der Waals surface area contributed by atoms with Gasteiger partial charge in [-0.1, -0.05) is 6.08 Å². The first-order valence-electron chi connectivity index (χ1n) is 4.06. The molecule has 0 atom stereocenters. The second kappa shape index (κ2) is 3.94. The quantitative estimate of drug-likeness (QED) is 0.515. The number of hydrogen-bond donors (Lipinski definition) is 1. The normalized spacial score (nSPS) is 18.9. The van der Waals surface area contributed by atoms with Gasteiger partial charge >= 0.3 is 6.18 Å². The van der Waals surface area contributed by atoms with Crippen LogP contribution in [0.2, 0.25) is 0 Å². The number of nitrogens with one attached hydrogen (secondary N) is 1. The zero-order valence-electron chi connectivity index (χ0n) is 6.69. The summed E-state index contributed by atoms with van der Waals surface area (Å²) in [6.45, 7) is 0.650. The Labute approximate surface area is 69.6 Å². The van der Waals surface area contributed by atoms with Crippen LogP contribution in [0, 0.1) is 0 Å². The van der Waals surface area contributed by atoms with Crippen LogP contribution in [0.3, 0.4) is 0 Å². The van der Waals surface area contributed by atoms with Crippen molar-refractivity contribution in [3.8, 4) is 0 Å². The average molecular weight is 179 g/mol. The molecule has 0 heterocycles. The maximum absolute atomic E-state index is 11.5. The van der Waals surface area contributed by atoms with Crippen LogP contribution in [-0.2, 0) is 0 Å². The van der Waals surface area contributed by atoms with Gasteiger partial charge in [-0.3, -0.25) is 0 Å². The predicted octanol–water partition coefficient (Wildman–Crippen LogP) is 2.25. The molecule has 1 nitrogen and oxygen atoms in total. The van der Waals surface area contributed by atoms with Crippen LogP contribution in [0.4, 0.5) is 13.2 Å². The molecule has 1 aliphatic rings. The van der Waals surface area contributed by atoms with Crippen LogP contribution in [0.15, 0.2) is 12.2 Å². The molecule has 0 spiro atoms. The molecule has 0 aromatic rings. The minimum absolute atomic E-state index is 0.293. The van der Waals surface area contributed by atoms with E-state index in [-0.39, 0.29) is 0 Å². The van der Waals surface area contributed by atoms with Crippen molar-refractivity contribution in [2.45, 2.75) is 31.5 Å². The summed E-state index contributed by atoms with van der Waals surface area (Å²) in [5, 5.41) is 3.12. The molecule has 12 heavy (non-hydrogen) atoms. The summed E-state index contributed by atoms with van der Waals surface area (Å²) >= 11 is 0. The maximum Gasteiger partial charge on any atom is 0.409 e. The smallest absolute Gasteiger partial charge is 0.314 e. The fraction of sp³-hybridized carbons (Fsp3) is 0.750. The summed E-state index contributed by atoms with van der Waals surface area (Å²) in [6, 6.07) is 0.573. The van der Waals surface area contributed by atoms with Crippen LogP contribution in [0.5, 0.6) is 0 Å². The van der Waals surface area contributed by atoms with Gasteiger partial charge in [0, 0.05) is 12.1 Å². The molecule has 1 rings (SSSR count). The van der Waals surface area contributed by atoms with E-state index in [1.54, 1.807) is 0 Å². The molecule has 1 aliphatic carbocycles. The molecule has 0 unspecified atom stereocenters. The molecule has 0 saturated heterocycles. The van der Waals surface area contributed by atoms with Crippen molar-refractivity contribution < 1.29 is 13.2 Å². The Balaban J connectivity index is 1.96. The molecule has 70 valence electrons. The Morgan fingerprint density at radius 3 is 2.50 bits per heavy atom. The van der Waals surface area contributed by atoms with Crippen LogP contribution >= 0.6 is 0 Å². The van der Waals surface area contributed by atoms with Crippen LogP contribution < -0.4 is 5.32 Å². The van der Waals surface area contributed by atoms with Gasteiger partial charge in [-0.2, -0.15) is 13.2 Å². The molecule has 0 amide bonds. The van der Waals surface area contributed by atoms with Gasteiger partial charge in [-0.25, -0.2) is 0 Å². The summed E-state index contributed by atoms with van der Waals surface area (Å²) in [4.78, 5) is 0. The fourth-order valence-corrected chi connectivity index (χ4v) is 0.875. The monoisotopic (exact) mass is 179 g/mol. The molecular weight excluding hydrogens is 167 g/mol. The SMILES string of the molecule is FC(F)(F)C=CCCNC1CC1. The first-order valence-corrected chi connectivity index (χ1v) is 4.06. The van der Waals surface area contributed by atoms with Crippen LogP contribution in [0.25, 0.3) is 0 Å². The third-order valence-electron chi connectivity index (χ3n) is 1.63. The van der Waals surface area contributed by atoms with E-state index < -0.39 is 6.18 Å². The van der Waals surface area contributed by atoms with Gasteiger partial charge in [0.15, 0.2) is 0 Å². The highest BCUT2D eigenvalue weighted by atomic mass is 19.4. The van der Waals surface area contributed by atoms with Gasteiger partial charge < -0.3 is 5.32 Å². The van der Waals surface area contributed by atoms with Crippen molar-refractivity contribution in [3.05, 3.63) is 12.2 Å². The summed E-state index contributed by atoms with van der Waals surface area (Å²) in [5.41, 5.74) is 0. The first-order chi connectivity index (χ1) is 5.58. The van der Waals surface area contributed by atoms with E-state index in [1.165, 1.54) is 12.8 Å². The lowest BCUT2D eigenvalue weighted by Gasteiger charge is -1.99. The predicted molar refractivity (Wildman–Crippen MR) is 40.8 cm³/mol. The highest BCUT2D eigenvalue weighted by Crippen LogP contribution is 2.18. The molecule has 1 fully saturated rings. The van der Waals surface area contributed by atoms with Gasteiger partial charge in [0.1, 0.15) is 0 Å². The summed E-state index contributed by atoms with van der Waals surface area (Å²) in [7, 11) is 0. The number of halogens is 3. The zero-order valence-corrected chi connectivity index (χ0v) is 6.69. The largest absolute Gasteiger partial charge is 0.409 e. The molecule has 0 aromatic carbocycles. The Hall–Kier alpha value is -0.510. The van der Waals surface area contributed by atoms with Crippen molar-refractivity contribution in [2.24, 2.45) is 0 Å². The molecule has 0 aliphatic heterocycles. The Morgan fingerprint density at radius 1 is 1.33 bits per heavy atom. The lowest BCUT2D eigenvalue weighted by atomic mass is 10.3. The lowest BCUT2D eigenvalue weighted by molar-refractivity contribution is -0.0800. The van der Waals surface area contributed by atoms with Crippen molar-refractivity contribution in [1.82, 2.24) is 5.32 Å². The highest BCUT2D eigenvalue weighted by Gasteiger charge is 2.22. The molecular formula is C8H12F3N. The average Bonchev–Trinajstić information content (AvgIpc) is 2.68. The van der Waals surface area contributed by atoms with Crippen molar-refractivity contribution in [3.63, 3.8) is 0 Å². The molecule has 4 heteroatoms. The van der Waals surface area contributed by atoms with Crippen LogP contribution in [0.1, 0.15) is 19.3 Å². The third-order valence-corrected chi connectivity index (χ3v) is 1.63. The molecule has 0 radical (unpaired) electrons. The highest BCUT2D eigenvalue weighted by molar-refractivity contribution is 4.90. The van der Waals surface area contributed by atoms with Gasteiger partial charge in [-0.15, -0.1) is 0 Å². The molecule has 0 bridgehead atoms. The number of hydrogen-bond acceptors (Lipinski definition) is 1. The van der Waals surface area contributed by atoms with Crippen LogP contribution in [-0.4, -0.2) is 18.8 Å². The standard InChI is InChI=1S/C8H12F3N/c9-8(10,11)5-1-2-6-12-7-3-4-7/h1,5,7,12H,2-4,6H2. The van der Waals surface area contributed by atoms with E-state index in [9.17, 15) is 13.2 Å². The van der Waals surface area contributed by atoms with Gasteiger partial charge in [-0.05, 0) is 25.8 Å². The number of allylic oxidation sites excluding steroid dienone is 1. The Morgan fingerprint density at radius 2 is 2.00 bits per heavy atom. The fourth-order valence-electron chi connectivity index (χ4n) is 0.875. The second-order valence-corrected chi connectivity index (χ2v) is 2.96. The van der Waals surface area contributed by atoms with E-state index in [0.29, 0.717) is 25.1 Å². The summed E-state index contributed by atoms with van der Waals surface area (Å²) < 4.78 is 34.6. The minimum Gasteiger partial charge on any atom is -0.314 e. The topological polar surface area (TPSA) is 12.0 Å². The van der Waals surface area contributed by atoms with Crippen molar-refractivity contribution in [1.29, 1.82) is 0 Å². The second-order valence-electron chi connectivity index (χ2n) is 2.96. The summed E-state index contributed by atoms with van der Waals surface area (Å²) in [6.07, 6.45) is 0.0958. The minimum atomic E-state index is -4.15. The number of alkyl halides is 3. The van der Waals surface area contributed by atoms with Crippen molar-refractivity contribution in [2.75, 3.05) is 6.54 Å². The van der Waals surface area contributed by atoms with E-state index in [4.69, 9.17) is 0 Å². The zero-order chi connectivity index (χ0) is 9.03. The Bertz CT molecular complexity index is 158. The number of rotatable bonds is 4. The van der Waals surface area contributed by atoms with Gasteiger partial charge in [0.2, 0.25) is 0 Å². The maximum atomic E-state index is 11.5. The van der Waals surface area contributed by atoms with Gasteiger partial charge in [0.05, 0.1) is 0 Å². The third kappa shape index (κ3) is 5.18. The Kier molecular flexibility index (Phi) is 3.14. The lowest BCUT2D eigenvalue weighted by Crippen LogP contribution is -2.16. The van der Waals surface area contributed by atoms with E-state index >= 15 is 0 Å². The van der Waals surface area contributed by atoms with E-state index in [2.05, 4.69) is 5.32 Å². The van der Waals surface area contributed by atoms with Crippen molar-refractivity contribution >= 4 is 0 Å². The first kappa shape index (κ1) is 9.58. The van der Waals surface area contributed by atoms with E-state index in [0.717, 1.165) is 6.08 Å². The molecule has 1 saturated carbocycles. The molecule has 1 N–H and O–H groups in total. The molecule has 0 aromatic heterocycles. The van der Waals surface area contributed by atoms with E-state index in [1.807, 2.05) is 0 Å². The van der Waals surface area contributed by atoms with Gasteiger partial charge in [0.25, 0.3) is 0 Å². The summed E-state index contributed by atoms with van der Waals surface area (Å²) in [5.74, 6) is 0.